The van der Waals surface area contributed by atoms with Crippen molar-refractivity contribution < 1.29 is 19.0 Å². The number of carbonyl (C=O) groups is 1. The molecular formula is C20H16Cl2O4. The lowest BCUT2D eigenvalue weighted by atomic mass is 10.1. The Bertz CT molecular complexity index is 956. The lowest BCUT2D eigenvalue weighted by Crippen LogP contribution is -2.24. The number of hydrogen-bond acceptors (Lipinski definition) is 4. The zero-order chi connectivity index (χ0) is 18.7. The average molecular weight is 391 g/mol. The number of benzene rings is 3. The van der Waals surface area contributed by atoms with Crippen LogP contribution in [0.3, 0.4) is 0 Å². The summed E-state index contributed by atoms with van der Waals surface area (Å²) in [7, 11) is 1.33. The summed E-state index contributed by atoms with van der Waals surface area (Å²) in [5.74, 6) is 1.23. The minimum absolute atomic E-state index is 0.418. The van der Waals surface area contributed by atoms with Crippen molar-refractivity contribution in [2.45, 2.75) is 13.0 Å². The molecule has 6 heteroatoms. The van der Waals surface area contributed by atoms with Crippen molar-refractivity contribution in [1.29, 1.82) is 0 Å². The van der Waals surface area contributed by atoms with E-state index in [0.717, 1.165) is 10.8 Å². The van der Waals surface area contributed by atoms with E-state index in [4.69, 9.17) is 37.4 Å². The Morgan fingerprint density at radius 2 is 1.58 bits per heavy atom. The van der Waals surface area contributed by atoms with E-state index in [1.54, 1.807) is 31.2 Å². The van der Waals surface area contributed by atoms with E-state index in [9.17, 15) is 4.79 Å². The molecule has 0 aliphatic rings. The van der Waals surface area contributed by atoms with Crippen LogP contribution in [0.25, 0.3) is 10.8 Å². The molecule has 0 fully saturated rings. The predicted molar refractivity (Wildman–Crippen MR) is 103 cm³/mol. The molecule has 0 radical (unpaired) electrons. The Morgan fingerprint density at radius 1 is 0.923 bits per heavy atom. The van der Waals surface area contributed by atoms with Gasteiger partial charge in [0.25, 0.3) is 0 Å². The normalized spacial score (nSPS) is 11.8. The molecule has 0 aromatic heterocycles. The van der Waals surface area contributed by atoms with Gasteiger partial charge in [0.2, 0.25) is 0 Å². The molecule has 4 nitrogen and oxygen atoms in total. The highest BCUT2D eigenvalue weighted by molar-refractivity contribution is 6.35. The number of carbonyl (C=O) groups excluding carboxylic acids is 1. The van der Waals surface area contributed by atoms with Gasteiger partial charge in [-0.15, -0.1) is 0 Å². The molecular weight excluding hydrogens is 375 g/mol. The monoisotopic (exact) mass is 390 g/mol. The lowest BCUT2D eigenvalue weighted by molar-refractivity contribution is -0.147. The molecule has 0 N–H and O–H groups in total. The maximum absolute atomic E-state index is 11.6. The minimum atomic E-state index is -0.721. The summed E-state index contributed by atoms with van der Waals surface area (Å²) in [5.41, 5.74) is 0. The van der Waals surface area contributed by atoms with Crippen LogP contribution < -0.4 is 9.47 Å². The molecule has 3 aromatic carbocycles. The minimum Gasteiger partial charge on any atom is -0.478 e. The number of ether oxygens (including phenoxy) is 3. The van der Waals surface area contributed by atoms with Gasteiger partial charge in [-0.1, -0.05) is 47.5 Å². The first kappa shape index (κ1) is 18.4. The highest BCUT2D eigenvalue weighted by atomic mass is 35.5. The maximum atomic E-state index is 11.6. The van der Waals surface area contributed by atoms with E-state index in [1.165, 1.54) is 7.11 Å². The number of hydrogen-bond donors (Lipinski definition) is 0. The summed E-state index contributed by atoms with van der Waals surface area (Å²) >= 11 is 12.1. The van der Waals surface area contributed by atoms with Crippen LogP contribution in [0.2, 0.25) is 10.0 Å². The molecule has 3 rings (SSSR count). The molecule has 0 spiro atoms. The van der Waals surface area contributed by atoms with Gasteiger partial charge in [0.1, 0.15) is 17.2 Å². The highest BCUT2D eigenvalue weighted by Crippen LogP contribution is 2.37. The Labute approximate surface area is 161 Å². The van der Waals surface area contributed by atoms with Gasteiger partial charge >= 0.3 is 5.97 Å². The van der Waals surface area contributed by atoms with Gasteiger partial charge in [-0.3, -0.25) is 0 Å². The van der Waals surface area contributed by atoms with Crippen LogP contribution in [0, 0.1) is 0 Å². The van der Waals surface area contributed by atoms with Crippen LogP contribution in [0.5, 0.6) is 17.2 Å². The summed E-state index contributed by atoms with van der Waals surface area (Å²) in [6, 6.07) is 16.1. The summed E-state index contributed by atoms with van der Waals surface area (Å²) < 4.78 is 16.4. The number of esters is 1. The lowest BCUT2D eigenvalue weighted by Gasteiger charge is -2.16. The zero-order valence-electron chi connectivity index (χ0n) is 14.2. The van der Waals surface area contributed by atoms with E-state index < -0.39 is 12.1 Å². The second-order valence-corrected chi connectivity index (χ2v) is 6.41. The number of methoxy groups -OCH3 is 1. The average Bonchev–Trinajstić information content (AvgIpc) is 2.64. The topological polar surface area (TPSA) is 44.8 Å². The highest BCUT2D eigenvalue weighted by Gasteiger charge is 2.17. The molecule has 26 heavy (non-hydrogen) atoms. The molecule has 0 aliphatic heterocycles. The molecule has 0 amide bonds. The summed E-state index contributed by atoms with van der Waals surface area (Å²) in [4.78, 5) is 11.6. The third-order valence-corrected chi connectivity index (χ3v) is 4.32. The molecule has 134 valence electrons. The quantitative estimate of drug-likeness (QED) is 0.510. The van der Waals surface area contributed by atoms with Crippen molar-refractivity contribution in [1.82, 2.24) is 0 Å². The molecule has 3 aromatic rings. The molecule has 0 bridgehead atoms. The SMILES string of the molecule is COC(=O)C(C)Oc1cccc2c(Oc3ccc(Cl)cc3Cl)cccc12. The van der Waals surface area contributed by atoms with Crippen LogP contribution in [0.1, 0.15) is 6.92 Å². The van der Waals surface area contributed by atoms with Crippen LogP contribution in [-0.4, -0.2) is 19.2 Å². The Balaban J connectivity index is 1.98. The molecule has 1 unspecified atom stereocenters. The van der Waals surface area contributed by atoms with Crippen molar-refractivity contribution in [2.24, 2.45) is 0 Å². The number of halogens is 2. The summed E-state index contributed by atoms with van der Waals surface area (Å²) in [6.45, 7) is 1.64. The van der Waals surface area contributed by atoms with Gasteiger partial charge in [0.05, 0.1) is 12.1 Å². The second kappa shape index (κ2) is 7.85. The first-order chi connectivity index (χ1) is 12.5. The third-order valence-electron chi connectivity index (χ3n) is 3.79. The van der Waals surface area contributed by atoms with Crippen LogP contribution >= 0.6 is 23.2 Å². The summed E-state index contributed by atoms with van der Waals surface area (Å²) in [5, 5.41) is 2.59. The van der Waals surface area contributed by atoms with Crippen LogP contribution in [-0.2, 0) is 9.53 Å². The molecule has 1 atom stereocenters. The maximum Gasteiger partial charge on any atom is 0.346 e. The Hall–Kier alpha value is -2.43. The van der Waals surface area contributed by atoms with Crippen molar-refractivity contribution in [3.8, 4) is 17.2 Å². The van der Waals surface area contributed by atoms with Gasteiger partial charge in [0.15, 0.2) is 6.10 Å². The Morgan fingerprint density at radius 3 is 2.23 bits per heavy atom. The van der Waals surface area contributed by atoms with Gasteiger partial charge in [-0.2, -0.15) is 0 Å². The van der Waals surface area contributed by atoms with Crippen molar-refractivity contribution >= 4 is 39.9 Å². The van der Waals surface area contributed by atoms with Crippen molar-refractivity contribution in [3.63, 3.8) is 0 Å². The van der Waals surface area contributed by atoms with Gasteiger partial charge < -0.3 is 14.2 Å². The van der Waals surface area contributed by atoms with E-state index in [-0.39, 0.29) is 0 Å². The van der Waals surface area contributed by atoms with Crippen LogP contribution in [0.4, 0.5) is 0 Å². The van der Waals surface area contributed by atoms with Gasteiger partial charge in [-0.25, -0.2) is 4.79 Å². The molecule has 0 aliphatic carbocycles. The summed E-state index contributed by atoms with van der Waals surface area (Å²) in [6.07, 6.45) is -0.721. The molecule has 0 saturated heterocycles. The standard InChI is InChI=1S/C20H16Cl2O4/c1-12(20(23)24-2)25-17-7-3-6-15-14(17)5-4-8-18(15)26-19-10-9-13(21)11-16(19)22/h3-12H,1-2H3. The van der Waals surface area contributed by atoms with Crippen LogP contribution in [0.15, 0.2) is 54.6 Å². The number of fused-ring (bicyclic) bond motifs is 1. The molecule has 0 heterocycles. The molecule has 0 saturated carbocycles. The largest absolute Gasteiger partial charge is 0.478 e. The first-order valence-electron chi connectivity index (χ1n) is 7.88. The van der Waals surface area contributed by atoms with Crippen molar-refractivity contribution in [2.75, 3.05) is 7.11 Å². The van der Waals surface area contributed by atoms with E-state index in [1.807, 2.05) is 30.3 Å². The van der Waals surface area contributed by atoms with E-state index in [0.29, 0.717) is 27.3 Å². The second-order valence-electron chi connectivity index (χ2n) is 5.57. The van der Waals surface area contributed by atoms with Crippen molar-refractivity contribution in [3.05, 3.63) is 64.6 Å². The smallest absolute Gasteiger partial charge is 0.346 e. The number of rotatable bonds is 5. The first-order valence-corrected chi connectivity index (χ1v) is 8.64. The van der Waals surface area contributed by atoms with E-state index in [2.05, 4.69) is 0 Å². The van der Waals surface area contributed by atoms with Gasteiger partial charge in [0, 0.05) is 15.8 Å². The van der Waals surface area contributed by atoms with E-state index >= 15 is 0 Å². The fourth-order valence-electron chi connectivity index (χ4n) is 2.53. The fourth-order valence-corrected chi connectivity index (χ4v) is 2.97. The zero-order valence-corrected chi connectivity index (χ0v) is 15.7. The third kappa shape index (κ3) is 3.87. The predicted octanol–water partition coefficient (Wildman–Crippen LogP) is 5.88. The van der Waals surface area contributed by atoms with Gasteiger partial charge in [-0.05, 0) is 37.3 Å². The Kier molecular flexibility index (Phi) is 5.55. The fraction of sp³-hybridized carbons (Fsp3) is 0.150.